The Hall–Kier alpha value is 0.350. The van der Waals surface area contributed by atoms with Crippen LogP contribution in [0.5, 0.6) is 0 Å². The van der Waals surface area contributed by atoms with E-state index in [1.165, 1.54) is 173 Å². The van der Waals surface area contributed by atoms with Gasteiger partial charge in [0.1, 0.15) is 0 Å². The molecule has 0 aliphatic heterocycles. The van der Waals surface area contributed by atoms with Crippen LogP contribution in [0.15, 0.2) is 0 Å². The highest BCUT2D eigenvalue weighted by molar-refractivity contribution is 7.80. The summed E-state index contributed by atoms with van der Waals surface area (Å²) in [6.07, 6.45) is 39.4. The van der Waals surface area contributed by atoms with Crippen molar-refractivity contribution >= 4 is 12.6 Å². The lowest BCUT2D eigenvalue weighted by Gasteiger charge is -2.04. The summed E-state index contributed by atoms with van der Waals surface area (Å²) in [5, 5.41) is 0. The number of unbranched alkanes of at least 4 members (excludes halogenated alkanes) is 26. The first-order valence-corrected chi connectivity index (χ1v) is 15.1. The number of hydrogen-bond donors (Lipinski definition) is 0. The van der Waals surface area contributed by atoms with E-state index in [0.29, 0.717) is 0 Å². The van der Waals surface area contributed by atoms with Crippen molar-refractivity contribution in [1.82, 2.24) is 0 Å². The van der Waals surface area contributed by atoms with Crippen molar-refractivity contribution in [1.29, 1.82) is 0 Å². The Morgan fingerprint density at radius 1 is 0.267 bits per heavy atom. The molecule has 0 unspecified atom stereocenters. The molecule has 0 saturated carbocycles. The van der Waals surface area contributed by atoms with Crippen LogP contribution in [0.1, 0.15) is 180 Å². The van der Waals surface area contributed by atoms with Crippen molar-refractivity contribution in [2.75, 3.05) is 5.75 Å². The molecule has 1 heteroatoms. The van der Waals surface area contributed by atoms with Gasteiger partial charge in [-0.15, -0.1) is 0 Å². The average Bonchev–Trinajstić information content (AvgIpc) is 2.76. The quantitative estimate of drug-likeness (QED) is 0.112. The Morgan fingerprint density at radius 2 is 0.433 bits per heavy atom. The summed E-state index contributed by atoms with van der Waals surface area (Å²) in [5.74, 6) is 0.958. The maximum Gasteiger partial charge on any atom is 0.00369 e. The third kappa shape index (κ3) is 28.4. The van der Waals surface area contributed by atoms with Gasteiger partial charge in [-0.05, 0) is 6.42 Å². The zero-order chi connectivity index (χ0) is 21.8. The van der Waals surface area contributed by atoms with Gasteiger partial charge < -0.3 is 0 Å². The molecule has 0 heterocycles. The summed E-state index contributed by atoms with van der Waals surface area (Å²) in [7, 11) is 0. The molecule has 0 saturated heterocycles. The van der Waals surface area contributed by atoms with Crippen molar-refractivity contribution in [3.8, 4) is 0 Å². The highest BCUT2D eigenvalue weighted by Gasteiger charge is 1.96. The van der Waals surface area contributed by atoms with E-state index in [2.05, 4.69) is 6.92 Å². The predicted octanol–water partition coefficient (Wildman–Crippen LogP) is 11.7. The van der Waals surface area contributed by atoms with Crippen molar-refractivity contribution in [3.63, 3.8) is 0 Å². The SMILES string of the molecule is CCCCCCCCCCCCCCCCCCCCCCCCCCCCC[S]. The molecule has 0 bridgehead atoms. The van der Waals surface area contributed by atoms with E-state index < -0.39 is 0 Å². The summed E-state index contributed by atoms with van der Waals surface area (Å²) >= 11 is 4.99. The molecule has 0 atom stereocenters. The highest BCUT2D eigenvalue weighted by atomic mass is 32.1. The Balaban J connectivity index is 2.97. The summed E-state index contributed by atoms with van der Waals surface area (Å²) in [5.41, 5.74) is 0. The molecule has 0 aromatic rings. The second kappa shape index (κ2) is 29.4. The summed E-state index contributed by atoms with van der Waals surface area (Å²) < 4.78 is 0. The van der Waals surface area contributed by atoms with E-state index in [4.69, 9.17) is 12.6 Å². The third-order valence-electron chi connectivity index (χ3n) is 6.75. The normalized spacial score (nSPS) is 11.4. The highest BCUT2D eigenvalue weighted by Crippen LogP contribution is 2.16. The second-order valence-electron chi connectivity index (χ2n) is 9.90. The van der Waals surface area contributed by atoms with Crippen molar-refractivity contribution in [2.24, 2.45) is 0 Å². The minimum absolute atomic E-state index is 0.958. The lowest BCUT2D eigenvalue weighted by Crippen LogP contribution is -1.85. The molecule has 30 heavy (non-hydrogen) atoms. The molecular weight excluding hydrogens is 380 g/mol. The third-order valence-corrected chi connectivity index (χ3v) is 7.04. The first-order chi connectivity index (χ1) is 14.9. The van der Waals surface area contributed by atoms with E-state index in [9.17, 15) is 0 Å². The van der Waals surface area contributed by atoms with Crippen LogP contribution < -0.4 is 0 Å². The lowest BCUT2D eigenvalue weighted by molar-refractivity contribution is 0.515. The molecule has 0 amide bonds. The van der Waals surface area contributed by atoms with E-state index in [1.54, 1.807) is 0 Å². The maximum absolute atomic E-state index is 4.99. The lowest BCUT2D eigenvalue weighted by atomic mass is 10.0. The molecule has 0 nitrogen and oxygen atoms in total. The van der Waals surface area contributed by atoms with Crippen LogP contribution in [0.3, 0.4) is 0 Å². The maximum atomic E-state index is 4.99. The van der Waals surface area contributed by atoms with Crippen LogP contribution in [0.4, 0.5) is 0 Å². The van der Waals surface area contributed by atoms with Crippen LogP contribution in [-0.2, 0) is 0 Å². The smallest absolute Gasteiger partial charge is 0.00369 e. The Kier molecular flexibility index (Phi) is 29.7. The molecule has 1 radical (unpaired) electrons. The zero-order valence-corrected chi connectivity index (χ0v) is 22.0. The Morgan fingerprint density at radius 3 is 0.600 bits per heavy atom. The summed E-state index contributed by atoms with van der Waals surface area (Å²) in [6.45, 7) is 2.30. The Bertz CT molecular complexity index is 248. The van der Waals surface area contributed by atoms with Gasteiger partial charge in [0.15, 0.2) is 0 Å². The van der Waals surface area contributed by atoms with Gasteiger partial charge in [0.25, 0.3) is 0 Å². The second-order valence-corrected chi connectivity index (χ2v) is 10.3. The standard InChI is InChI=1S/C29H59S/c1-2-3-4-5-6-7-8-9-10-11-12-13-14-15-16-17-18-19-20-21-22-23-24-25-26-27-28-29-30/h2-29H2,1H3. The monoisotopic (exact) mass is 439 g/mol. The van der Waals surface area contributed by atoms with Crippen LogP contribution in [-0.4, -0.2) is 5.75 Å². The fourth-order valence-corrected chi connectivity index (χ4v) is 4.80. The van der Waals surface area contributed by atoms with Crippen molar-refractivity contribution in [3.05, 3.63) is 0 Å². The molecule has 0 aromatic carbocycles. The van der Waals surface area contributed by atoms with Gasteiger partial charge >= 0.3 is 0 Å². The van der Waals surface area contributed by atoms with Crippen LogP contribution in [0, 0.1) is 0 Å². The van der Waals surface area contributed by atoms with Crippen LogP contribution >= 0.6 is 12.6 Å². The fraction of sp³-hybridized carbons (Fsp3) is 1.00. The largest absolute Gasteiger partial charge is 0.0942 e. The zero-order valence-electron chi connectivity index (χ0n) is 21.2. The average molecular weight is 440 g/mol. The van der Waals surface area contributed by atoms with Gasteiger partial charge in [-0.1, -0.05) is 186 Å². The minimum atomic E-state index is 0.958. The van der Waals surface area contributed by atoms with Crippen LogP contribution in [0.25, 0.3) is 0 Å². The molecule has 0 N–H and O–H groups in total. The van der Waals surface area contributed by atoms with Gasteiger partial charge in [-0.2, -0.15) is 0 Å². The minimum Gasteiger partial charge on any atom is -0.0942 e. The summed E-state index contributed by atoms with van der Waals surface area (Å²) in [4.78, 5) is 0. The van der Waals surface area contributed by atoms with Crippen LogP contribution in [0.2, 0.25) is 0 Å². The number of hydrogen-bond acceptors (Lipinski definition) is 0. The summed E-state index contributed by atoms with van der Waals surface area (Å²) in [6, 6.07) is 0. The van der Waals surface area contributed by atoms with Gasteiger partial charge in [0.2, 0.25) is 0 Å². The molecule has 0 rings (SSSR count). The van der Waals surface area contributed by atoms with E-state index in [0.717, 1.165) is 5.75 Å². The molecule has 0 aromatic heterocycles. The first kappa shape index (κ1) is 30.4. The topological polar surface area (TPSA) is 0 Å². The molecule has 0 aliphatic rings. The van der Waals surface area contributed by atoms with Crippen molar-refractivity contribution in [2.45, 2.75) is 180 Å². The van der Waals surface area contributed by atoms with E-state index in [-0.39, 0.29) is 0 Å². The van der Waals surface area contributed by atoms with E-state index in [1.807, 2.05) is 0 Å². The van der Waals surface area contributed by atoms with Gasteiger partial charge in [-0.3, -0.25) is 0 Å². The Labute approximate surface area is 198 Å². The fourth-order valence-electron chi connectivity index (χ4n) is 4.59. The van der Waals surface area contributed by atoms with Gasteiger partial charge in [0, 0.05) is 5.75 Å². The van der Waals surface area contributed by atoms with Gasteiger partial charge in [-0.25, -0.2) is 0 Å². The van der Waals surface area contributed by atoms with E-state index >= 15 is 0 Å². The molecule has 0 fully saturated rings. The number of rotatable bonds is 27. The molecule has 0 spiro atoms. The predicted molar refractivity (Wildman–Crippen MR) is 143 cm³/mol. The molecular formula is C29H59S. The molecule has 181 valence electrons. The first-order valence-electron chi connectivity index (χ1n) is 14.5. The molecule has 0 aliphatic carbocycles. The van der Waals surface area contributed by atoms with Crippen molar-refractivity contribution < 1.29 is 0 Å². The van der Waals surface area contributed by atoms with Gasteiger partial charge in [0.05, 0.1) is 0 Å².